The number of nitrogens with zero attached hydrogens (tertiary/aromatic N) is 2. The molecular formula is C13H9ClN2O4S. The van der Waals surface area contributed by atoms with Gasteiger partial charge in [-0.3, -0.25) is 0 Å². The molecule has 1 aromatic carbocycles. The summed E-state index contributed by atoms with van der Waals surface area (Å²) < 4.78 is 33.5. The summed E-state index contributed by atoms with van der Waals surface area (Å²) in [6.45, 7) is 0. The first kappa shape index (κ1) is 15.1. The third-order valence-electron chi connectivity index (χ3n) is 2.50. The van der Waals surface area contributed by atoms with Crippen LogP contribution < -0.4 is 9.47 Å². The summed E-state index contributed by atoms with van der Waals surface area (Å²) >= 11 is 0. The summed E-state index contributed by atoms with van der Waals surface area (Å²) in [5, 5.41) is 8.83. The van der Waals surface area contributed by atoms with Crippen molar-refractivity contribution in [3.63, 3.8) is 0 Å². The Bertz CT molecular complexity index is 815. The molecule has 0 radical (unpaired) electrons. The van der Waals surface area contributed by atoms with E-state index in [0.29, 0.717) is 5.56 Å². The maximum Gasteiger partial charge on any atom is 0.266 e. The van der Waals surface area contributed by atoms with Crippen LogP contribution in [0.2, 0.25) is 0 Å². The summed E-state index contributed by atoms with van der Waals surface area (Å²) in [4.78, 5) is 3.60. The van der Waals surface area contributed by atoms with Crippen molar-refractivity contribution in [3.8, 4) is 23.4 Å². The minimum absolute atomic E-state index is 0.171. The fourth-order valence-electron chi connectivity index (χ4n) is 1.56. The number of rotatable bonds is 4. The number of hydrogen-bond donors (Lipinski definition) is 0. The molecule has 0 atom stereocenters. The topological polar surface area (TPSA) is 89.3 Å². The van der Waals surface area contributed by atoms with Gasteiger partial charge in [-0.1, -0.05) is 0 Å². The van der Waals surface area contributed by atoms with Crippen molar-refractivity contribution in [3.05, 3.63) is 42.1 Å². The van der Waals surface area contributed by atoms with E-state index in [4.69, 9.17) is 25.4 Å². The number of ether oxygens (including phenoxy) is 2. The molecule has 0 unspecified atom stereocenters. The molecule has 0 spiro atoms. The number of methoxy groups -OCH3 is 1. The van der Waals surface area contributed by atoms with Gasteiger partial charge in [0, 0.05) is 22.9 Å². The lowest BCUT2D eigenvalue weighted by Gasteiger charge is -2.11. The highest BCUT2D eigenvalue weighted by Gasteiger charge is 2.19. The maximum absolute atomic E-state index is 11.5. The average Bonchev–Trinajstić information content (AvgIpc) is 2.47. The van der Waals surface area contributed by atoms with Gasteiger partial charge in [0.2, 0.25) is 5.88 Å². The largest absolute Gasteiger partial charge is 0.493 e. The normalized spacial score (nSPS) is 10.7. The SMILES string of the molecule is COc1cc(C#N)ccc1Oc1ncccc1S(=O)(=O)Cl. The van der Waals surface area contributed by atoms with E-state index in [9.17, 15) is 8.42 Å². The first-order valence-corrected chi connectivity index (χ1v) is 7.92. The third kappa shape index (κ3) is 3.42. The standard InChI is InChI=1S/C13H9ClN2O4S/c1-19-11-7-9(8-15)4-5-10(11)20-13-12(21(14,17)18)3-2-6-16-13/h2-7H,1H3. The Kier molecular flexibility index (Phi) is 4.31. The Hall–Kier alpha value is -2.30. The summed E-state index contributed by atoms with van der Waals surface area (Å²) in [7, 11) is 2.74. The van der Waals surface area contributed by atoms with Crippen LogP contribution in [-0.4, -0.2) is 20.5 Å². The lowest BCUT2D eigenvalue weighted by molar-refractivity contribution is 0.370. The summed E-state index contributed by atoms with van der Waals surface area (Å²) in [5.74, 6) is 0.324. The minimum atomic E-state index is -3.99. The van der Waals surface area contributed by atoms with Gasteiger partial charge in [-0.25, -0.2) is 13.4 Å². The number of benzene rings is 1. The summed E-state index contributed by atoms with van der Waals surface area (Å²) in [5.41, 5.74) is 0.380. The highest BCUT2D eigenvalue weighted by Crippen LogP contribution is 2.34. The van der Waals surface area contributed by atoms with Gasteiger partial charge in [-0.15, -0.1) is 0 Å². The molecule has 0 fully saturated rings. The number of halogens is 1. The Labute approximate surface area is 125 Å². The van der Waals surface area contributed by atoms with Gasteiger partial charge in [-0.2, -0.15) is 5.26 Å². The number of hydrogen-bond acceptors (Lipinski definition) is 6. The van der Waals surface area contributed by atoms with Crippen LogP contribution in [0.1, 0.15) is 5.56 Å². The van der Waals surface area contributed by atoms with Gasteiger partial charge in [0.25, 0.3) is 9.05 Å². The molecule has 21 heavy (non-hydrogen) atoms. The molecule has 0 amide bonds. The lowest BCUT2D eigenvalue weighted by atomic mass is 10.2. The molecule has 2 rings (SSSR count). The van der Waals surface area contributed by atoms with Gasteiger partial charge in [0.1, 0.15) is 4.90 Å². The quantitative estimate of drug-likeness (QED) is 0.803. The van der Waals surface area contributed by atoms with Gasteiger partial charge in [0.15, 0.2) is 11.5 Å². The van der Waals surface area contributed by atoms with Gasteiger partial charge >= 0.3 is 0 Å². The van der Waals surface area contributed by atoms with Gasteiger partial charge < -0.3 is 9.47 Å². The Balaban J connectivity index is 2.47. The molecule has 0 aliphatic heterocycles. The van der Waals surface area contributed by atoms with E-state index in [1.54, 1.807) is 0 Å². The van der Waals surface area contributed by atoms with Crippen molar-refractivity contribution < 1.29 is 17.9 Å². The van der Waals surface area contributed by atoms with Crippen molar-refractivity contribution in [1.29, 1.82) is 5.26 Å². The predicted molar refractivity (Wildman–Crippen MR) is 75.1 cm³/mol. The van der Waals surface area contributed by atoms with E-state index >= 15 is 0 Å². The zero-order valence-corrected chi connectivity index (χ0v) is 12.4. The van der Waals surface area contributed by atoms with Crippen LogP contribution in [0.3, 0.4) is 0 Å². The second-order valence-electron chi connectivity index (χ2n) is 3.82. The molecule has 108 valence electrons. The van der Waals surface area contributed by atoms with Crippen LogP contribution in [0.25, 0.3) is 0 Å². The Morgan fingerprint density at radius 3 is 2.67 bits per heavy atom. The Morgan fingerprint density at radius 1 is 1.29 bits per heavy atom. The number of aromatic nitrogens is 1. The van der Waals surface area contributed by atoms with Crippen molar-refractivity contribution in [2.24, 2.45) is 0 Å². The van der Waals surface area contributed by atoms with Crippen LogP contribution >= 0.6 is 10.7 Å². The van der Waals surface area contributed by atoms with Crippen LogP contribution in [0.15, 0.2) is 41.4 Å². The molecule has 1 aromatic heterocycles. The molecule has 2 aromatic rings. The average molecular weight is 325 g/mol. The fraction of sp³-hybridized carbons (Fsp3) is 0.0769. The molecule has 0 saturated carbocycles. The maximum atomic E-state index is 11.5. The zero-order valence-electron chi connectivity index (χ0n) is 10.8. The number of pyridine rings is 1. The smallest absolute Gasteiger partial charge is 0.266 e. The van der Waals surface area contributed by atoms with Crippen molar-refractivity contribution in [2.75, 3.05) is 7.11 Å². The molecule has 1 heterocycles. The van der Waals surface area contributed by atoms with Crippen LogP contribution in [0, 0.1) is 11.3 Å². The van der Waals surface area contributed by atoms with E-state index in [0.717, 1.165) is 0 Å². The first-order valence-electron chi connectivity index (χ1n) is 5.61. The van der Waals surface area contributed by atoms with E-state index in [1.165, 1.54) is 43.6 Å². The highest BCUT2D eigenvalue weighted by molar-refractivity contribution is 8.13. The monoisotopic (exact) mass is 324 g/mol. The molecular weight excluding hydrogens is 316 g/mol. The second-order valence-corrected chi connectivity index (χ2v) is 6.36. The molecule has 0 aliphatic rings. The lowest BCUT2D eigenvalue weighted by Crippen LogP contribution is -1.99. The molecule has 8 heteroatoms. The third-order valence-corrected chi connectivity index (χ3v) is 3.83. The van der Waals surface area contributed by atoms with E-state index in [2.05, 4.69) is 4.98 Å². The highest BCUT2D eigenvalue weighted by atomic mass is 35.7. The van der Waals surface area contributed by atoms with Gasteiger partial charge in [0.05, 0.1) is 18.7 Å². The minimum Gasteiger partial charge on any atom is -0.493 e. The molecule has 0 saturated heterocycles. The Morgan fingerprint density at radius 2 is 2.05 bits per heavy atom. The number of nitriles is 1. The van der Waals surface area contributed by atoms with Crippen molar-refractivity contribution in [1.82, 2.24) is 4.98 Å². The second kappa shape index (κ2) is 5.99. The first-order chi connectivity index (χ1) is 9.95. The molecule has 0 N–H and O–H groups in total. The van der Waals surface area contributed by atoms with E-state index in [-0.39, 0.29) is 22.3 Å². The van der Waals surface area contributed by atoms with E-state index < -0.39 is 9.05 Å². The van der Waals surface area contributed by atoms with Crippen LogP contribution in [0.5, 0.6) is 17.4 Å². The summed E-state index contributed by atoms with van der Waals surface area (Å²) in [6, 6.07) is 9.13. The van der Waals surface area contributed by atoms with Crippen molar-refractivity contribution in [2.45, 2.75) is 4.90 Å². The molecule has 0 bridgehead atoms. The molecule has 6 nitrogen and oxygen atoms in total. The molecule has 0 aliphatic carbocycles. The van der Waals surface area contributed by atoms with Gasteiger partial charge in [-0.05, 0) is 24.3 Å². The predicted octanol–water partition coefficient (Wildman–Crippen LogP) is 2.68. The van der Waals surface area contributed by atoms with Crippen molar-refractivity contribution >= 4 is 19.7 Å². The zero-order chi connectivity index (χ0) is 15.5. The summed E-state index contributed by atoms with van der Waals surface area (Å²) in [6.07, 6.45) is 1.37. The van der Waals surface area contributed by atoms with Crippen LogP contribution in [0.4, 0.5) is 0 Å². The fourth-order valence-corrected chi connectivity index (χ4v) is 2.46. The van der Waals surface area contributed by atoms with Crippen LogP contribution in [-0.2, 0) is 9.05 Å². The van der Waals surface area contributed by atoms with E-state index in [1.807, 2.05) is 6.07 Å².